The van der Waals surface area contributed by atoms with Gasteiger partial charge in [-0.25, -0.2) is 0 Å². The number of nitrogen functional groups attached to an aromatic ring is 1. The number of halogens is 4. The molecule has 2 rings (SSSR count). The van der Waals surface area contributed by atoms with Gasteiger partial charge in [-0.1, -0.05) is 28.1 Å². The quantitative estimate of drug-likeness (QED) is 0.806. The summed E-state index contributed by atoms with van der Waals surface area (Å²) in [6, 6.07) is 10.7. The van der Waals surface area contributed by atoms with E-state index in [1.54, 1.807) is 19.2 Å². The Bertz CT molecular complexity index is 641. The molecule has 0 amide bonds. The van der Waals surface area contributed by atoms with E-state index in [2.05, 4.69) is 15.9 Å². The second-order valence-corrected chi connectivity index (χ2v) is 5.67. The molecule has 0 bridgehead atoms. The van der Waals surface area contributed by atoms with Crippen molar-refractivity contribution in [2.75, 3.05) is 17.7 Å². The summed E-state index contributed by atoms with van der Waals surface area (Å²) in [5.74, 6) is 0. The molecule has 0 aliphatic rings. The molecule has 0 radical (unpaired) electrons. The maximum absolute atomic E-state index is 12.7. The number of hydrogen-bond acceptors (Lipinski definition) is 2. The Morgan fingerprint density at radius 1 is 1.14 bits per heavy atom. The second-order valence-electron chi connectivity index (χ2n) is 4.76. The molecule has 0 aromatic heterocycles. The number of alkyl halides is 3. The predicted octanol–water partition coefficient (Wildman–Crippen LogP) is 4.69. The summed E-state index contributed by atoms with van der Waals surface area (Å²) < 4.78 is 39.0. The molecule has 0 spiro atoms. The first kappa shape index (κ1) is 15.7. The van der Waals surface area contributed by atoms with E-state index < -0.39 is 11.7 Å². The number of nitrogens with two attached hydrogens (primary N) is 1. The topological polar surface area (TPSA) is 29.3 Å². The van der Waals surface area contributed by atoms with Crippen molar-refractivity contribution in [2.24, 2.45) is 0 Å². The highest BCUT2D eigenvalue weighted by atomic mass is 79.9. The molecule has 0 aliphatic heterocycles. The lowest BCUT2D eigenvalue weighted by molar-refractivity contribution is -0.137. The molecular weight excluding hydrogens is 345 g/mol. The monoisotopic (exact) mass is 358 g/mol. The number of anilines is 2. The smallest absolute Gasteiger partial charge is 0.397 e. The molecule has 2 nitrogen and oxygen atoms in total. The molecule has 0 heterocycles. The zero-order chi connectivity index (χ0) is 15.6. The van der Waals surface area contributed by atoms with Gasteiger partial charge in [-0.05, 0) is 35.9 Å². The summed E-state index contributed by atoms with van der Waals surface area (Å²) in [4.78, 5) is 1.82. The van der Waals surface area contributed by atoms with Crippen LogP contribution in [0.5, 0.6) is 0 Å². The highest BCUT2D eigenvalue weighted by Crippen LogP contribution is 2.31. The summed E-state index contributed by atoms with van der Waals surface area (Å²) in [5.41, 5.74) is 7.20. The van der Waals surface area contributed by atoms with Crippen molar-refractivity contribution in [1.29, 1.82) is 0 Å². The van der Waals surface area contributed by atoms with Crippen LogP contribution in [0.4, 0.5) is 24.5 Å². The number of rotatable bonds is 3. The van der Waals surface area contributed by atoms with E-state index in [-0.39, 0.29) is 0 Å². The van der Waals surface area contributed by atoms with Crippen LogP contribution < -0.4 is 10.6 Å². The van der Waals surface area contributed by atoms with Gasteiger partial charge in [0, 0.05) is 18.1 Å². The lowest BCUT2D eigenvalue weighted by Crippen LogP contribution is -2.18. The Morgan fingerprint density at radius 2 is 1.86 bits per heavy atom. The molecule has 0 saturated carbocycles. The molecule has 0 saturated heterocycles. The van der Waals surface area contributed by atoms with E-state index in [1.807, 2.05) is 17.0 Å². The fraction of sp³-hybridized carbons (Fsp3) is 0.200. The third-order valence-corrected chi connectivity index (χ3v) is 3.57. The fourth-order valence-corrected chi connectivity index (χ4v) is 2.46. The SMILES string of the molecule is CN(Cc1cccc(C(F)(F)F)c1)c1ccc(Br)cc1N. The van der Waals surface area contributed by atoms with Gasteiger partial charge in [-0.2, -0.15) is 13.2 Å². The number of benzene rings is 2. The Morgan fingerprint density at radius 3 is 2.48 bits per heavy atom. The predicted molar refractivity (Wildman–Crippen MR) is 82.1 cm³/mol. The van der Waals surface area contributed by atoms with Crippen LogP contribution in [-0.2, 0) is 12.7 Å². The molecule has 2 aromatic carbocycles. The summed E-state index contributed by atoms with van der Waals surface area (Å²) >= 11 is 3.32. The minimum atomic E-state index is -4.33. The standard InChI is InChI=1S/C15H14BrF3N2/c1-21(14-6-5-12(16)8-13(14)20)9-10-3-2-4-11(7-10)15(17,18)19/h2-8H,9,20H2,1H3. The van der Waals surface area contributed by atoms with Crippen LogP contribution in [0.3, 0.4) is 0 Å². The second kappa shape index (κ2) is 5.97. The number of nitrogens with zero attached hydrogens (tertiary/aromatic N) is 1. The van der Waals surface area contributed by atoms with Crippen LogP contribution in [0.25, 0.3) is 0 Å². The molecule has 112 valence electrons. The minimum absolute atomic E-state index is 0.343. The van der Waals surface area contributed by atoms with Crippen molar-refractivity contribution in [3.05, 3.63) is 58.1 Å². The third kappa shape index (κ3) is 3.91. The Kier molecular flexibility index (Phi) is 4.46. The largest absolute Gasteiger partial charge is 0.416 e. The van der Waals surface area contributed by atoms with Gasteiger partial charge in [0.05, 0.1) is 16.9 Å². The molecule has 21 heavy (non-hydrogen) atoms. The molecular formula is C15H14BrF3N2. The molecule has 2 aromatic rings. The first-order chi connectivity index (χ1) is 9.77. The lowest BCUT2D eigenvalue weighted by atomic mass is 10.1. The Balaban J connectivity index is 2.21. The first-order valence-corrected chi connectivity index (χ1v) is 6.99. The van der Waals surface area contributed by atoms with Crippen molar-refractivity contribution in [3.63, 3.8) is 0 Å². The molecule has 0 atom stereocenters. The summed E-state index contributed by atoms with van der Waals surface area (Å²) in [6.45, 7) is 0.343. The summed E-state index contributed by atoms with van der Waals surface area (Å²) in [5, 5.41) is 0. The Hall–Kier alpha value is -1.69. The normalized spacial score (nSPS) is 11.5. The molecule has 6 heteroatoms. The van der Waals surface area contributed by atoms with Gasteiger partial charge in [-0.3, -0.25) is 0 Å². The van der Waals surface area contributed by atoms with Crippen molar-refractivity contribution in [1.82, 2.24) is 0 Å². The van der Waals surface area contributed by atoms with E-state index in [9.17, 15) is 13.2 Å². The van der Waals surface area contributed by atoms with Crippen LogP contribution >= 0.6 is 15.9 Å². The summed E-state index contributed by atoms with van der Waals surface area (Å²) in [6.07, 6.45) is -4.33. The van der Waals surface area contributed by atoms with Crippen molar-refractivity contribution >= 4 is 27.3 Å². The van der Waals surface area contributed by atoms with E-state index in [0.29, 0.717) is 17.8 Å². The van der Waals surface area contributed by atoms with E-state index >= 15 is 0 Å². The van der Waals surface area contributed by atoms with Gasteiger partial charge in [0.25, 0.3) is 0 Å². The van der Waals surface area contributed by atoms with Crippen LogP contribution in [0, 0.1) is 0 Å². The van der Waals surface area contributed by atoms with Crippen molar-refractivity contribution in [2.45, 2.75) is 12.7 Å². The number of hydrogen-bond donors (Lipinski definition) is 1. The van der Waals surface area contributed by atoms with Gasteiger partial charge in [-0.15, -0.1) is 0 Å². The van der Waals surface area contributed by atoms with E-state index in [0.717, 1.165) is 22.3 Å². The average Bonchev–Trinajstić information content (AvgIpc) is 2.37. The third-order valence-electron chi connectivity index (χ3n) is 3.07. The van der Waals surface area contributed by atoms with Crippen LogP contribution in [-0.4, -0.2) is 7.05 Å². The zero-order valence-corrected chi connectivity index (χ0v) is 12.9. The molecule has 0 unspecified atom stereocenters. The van der Waals surface area contributed by atoms with Crippen molar-refractivity contribution in [3.8, 4) is 0 Å². The van der Waals surface area contributed by atoms with Gasteiger partial charge in [0.2, 0.25) is 0 Å². The molecule has 0 fully saturated rings. The highest BCUT2D eigenvalue weighted by molar-refractivity contribution is 9.10. The Labute approximate surface area is 129 Å². The van der Waals surface area contributed by atoms with E-state index in [4.69, 9.17) is 5.73 Å². The lowest BCUT2D eigenvalue weighted by Gasteiger charge is -2.22. The maximum atomic E-state index is 12.7. The fourth-order valence-electron chi connectivity index (χ4n) is 2.08. The van der Waals surface area contributed by atoms with Crippen molar-refractivity contribution < 1.29 is 13.2 Å². The summed E-state index contributed by atoms with van der Waals surface area (Å²) in [7, 11) is 1.79. The highest BCUT2D eigenvalue weighted by Gasteiger charge is 2.30. The zero-order valence-electron chi connectivity index (χ0n) is 11.3. The van der Waals surface area contributed by atoms with E-state index in [1.165, 1.54) is 6.07 Å². The molecule has 2 N–H and O–H groups in total. The van der Waals surface area contributed by atoms with Gasteiger partial charge >= 0.3 is 6.18 Å². The van der Waals surface area contributed by atoms with Crippen LogP contribution in [0.2, 0.25) is 0 Å². The van der Waals surface area contributed by atoms with Crippen LogP contribution in [0.1, 0.15) is 11.1 Å². The minimum Gasteiger partial charge on any atom is -0.397 e. The van der Waals surface area contributed by atoms with Gasteiger partial charge in [0.15, 0.2) is 0 Å². The molecule has 0 aliphatic carbocycles. The van der Waals surface area contributed by atoms with Crippen LogP contribution in [0.15, 0.2) is 46.9 Å². The first-order valence-electron chi connectivity index (χ1n) is 6.19. The van der Waals surface area contributed by atoms with Gasteiger partial charge in [0.1, 0.15) is 0 Å². The average molecular weight is 359 g/mol. The maximum Gasteiger partial charge on any atom is 0.416 e. The van der Waals surface area contributed by atoms with Gasteiger partial charge < -0.3 is 10.6 Å².